The molecule has 0 aliphatic rings. The van der Waals surface area contributed by atoms with Crippen molar-refractivity contribution in [1.82, 2.24) is 4.98 Å². The summed E-state index contributed by atoms with van der Waals surface area (Å²) in [5, 5.41) is 4.42. The molecule has 38 heavy (non-hydrogen) atoms. The van der Waals surface area contributed by atoms with Gasteiger partial charge >= 0.3 is 0 Å². The summed E-state index contributed by atoms with van der Waals surface area (Å²) in [4.78, 5) is 5.06. The second-order valence-corrected chi connectivity index (χ2v) is 9.61. The topological polar surface area (TPSA) is 39.2 Å². The van der Waals surface area contributed by atoms with Crippen LogP contribution in [0.4, 0.5) is 0 Å². The highest BCUT2D eigenvalue weighted by atomic mass is 16.3. The van der Waals surface area contributed by atoms with Gasteiger partial charge < -0.3 is 8.83 Å². The van der Waals surface area contributed by atoms with Crippen LogP contribution in [0, 0.1) is 0 Å². The molecule has 3 nitrogen and oxygen atoms in total. The van der Waals surface area contributed by atoms with E-state index in [2.05, 4.69) is 91.0 Å². The summed E-state index contributed by atoms with van der Waals surface area (Å²) >= 11 is 0. The number of nitrogens with zero attached hydrogens (tertiary/aromatic N) is 1. The van der Waals surface area contributed by atoms with Crippen molar-refractivity contribution in [3.8, 4) is 33.6 Å². The molecule has 0 atom stereocenters. The second kappa shape index (κ2) is 8.19. The van der Waals surface area contributed by atoms with Crippen molar-refractivity contribution >= 4 is 43.9 Å². The van der Waals surface area contributed by atoms with Crippen LogP contribution in [0.3, 0.4) is 0 Å². The minimum atomic E-state index is 0.877. The zero-order chi connectivity index (χ0) is 25.1. The standard InChI is InChI=1S/C35H21NO2/c1-2-7-22(8-3-1)23-13-16-34-28(19-23)29-21-25(15-18-35(29)38-34)31-11-6-10-30(36-31)24-14-17-33-27(20-24)26-9-4-5-12-32(26)37-33/h1-21H. The van der Waals surface area contributed by atoms with E-state index in [1.54, 1.807) is 0 Å². The number of aromatic nitrogens is 1. The van der Waals surface area contributed by atoms with E-state index in [0.717, 1.165) is 66.4 Å². The second-order valence-electron chi connectivity index (χ2n) is 9.61. The summed E-state index contributed by atoms with van der Waals surface area (Å²) in [5.41, 5.74) is 9.89. The van der Waals surface area contributed by atoms with E-state index >= 15 is 0 Å². The highest BCUT2D eigenvalue weighted by Gasteiger charge is 2.12. The zero-order valence-corrected chi connectivity index (χ0v) is 20.4. The van der Waals surface area contributed by atoms with Gasteiger partial charge in [0.15, 0.2) is 0 Å². The first-order chi connectivity index (χ1) is 18.8. The van der Waals surface area contributed by atoms with Gasteiger partial charge in [-0.25, -0.2) is 4.98 Å². The van der Waals surface area contributed by atoms with Crippen LogP contribution < -0.4 is 0 Å². The molecule has 0 saturated carbocycles. The monoisotopic (exact) mass is 487 g/mol. The maximum absolute atomic E-state index is 6.17. The van der Waals surface area contributed by atoms with E-state index in [1.807, 2.05) is 36.4 Å². The molecule has 0 N–H and O–H groups in total. The van der Waals surface area contributed by atoms with Crippen molar-refractivity contribution in [3.63, 3.8) is 0 Å². The van der Waals surface area contributed by atoms with Gasteiger partial charge in [0.2, 0.25) is 0 Å². The molecule has 5 aromatic carbocycles. The first-order valence-electron chi connectivity index (χ1n) is 12.7. The van der Waals surface area contributed by atoms with Gasteiger partial charge in [0.25, 0.3) is 0 Å². The van der Waals surface area contributed by atoms with Crippen LogP contribution in [0.1, 0.15) is 0 Å². The van der Waals surface area contributed by atoms with Crippen LogP contribution in [0.5, 0.6) is 0 Å². The first kappa shape index (κ1) is 21.0. The van der Waals surface area contributed by atoms with Crippen LogP contribution >= 0.6 is 0 Å². The first-order valence-corrected chi connectivity index (χ1v) is 12.7. The third kappa shape index (κ3) is 3.33. The van der Waals surface area contributed by atoms with Crippen molar-refractivity contribution in [2.24, 2.45) is 0 Å². The Labute approximate surface area is 218 Å². The van der Waals surface area contributed by atoms with Gasteiger partial charge in [-0.3, -0.25) is 0 Å². The van der Waals surface area contributed by atoms with Crippen molar-refractivity contribution in [2.45, 2.75) is 0 Å². The minimum Gasteiger partial charge on any atom is -0.456 e. The van der Waals surface area contributed by atoms with E-state index in [1.165, 1.54) is 11.1 Å². The van der Waals surface area contributed by atoms with Crippen LogP contribution in [-0.2, 0) is 0 Å². The number of hydrogen-bond acceptors (Lipinski definition) is 3. The largest absolute Gasteiger partial charge is 0.456 e. The van der Waals surface area contributed by atoms with E-state index < -0.39 is 0 Å². The molecule has 3 aromatic heterocycles. The number of benzene rings is 5. The van der Waals surface area contributed by atoms with Crippen molar-refractivity contribution < 1.29 is 8.83 Å². The van der Waals surface area contributed by atoms with Crippen LogP contribution in [0.15, 0.2) is 136 Å². The van der Waals surface area contributed by atoms with E-state index in [4.69, 9.17) is 13.8 Å². The number of hydrogen-bond donors (Lipinski definition) is 0. The number of pyridine rings is 1. The molecule has 178 valence electrons. The lowest BCUT2D eigenvalue weighted by Crippen LogP contribution is -1.88. The Morgan fingerprint density at radius 2 is 0.842 bits per heavy atom. The Hall–Kier alpha value is -5.15. The summed E-state index contributed by atoms with van der Waals surface area (Å²) in [5.74, 6) is 0. The maximum Gasteiger partial charge on any atom is 0.135 e. The average molecular weight is 488 g/mol. The smallest absolute Gasteiger partial charge is 0.135 e. The Bertz CT molecular complexity index is 2130. The molecule has 8 rings (SSSR count). The molecule has 0 saturated heterocycles. The van der Waals surface area contributed by atoms with E-state index in [9.17, 15) is 0 Å². The van der Waals surface area contributed by atoms with E-state index in [-0.39, 0.29) is 0 Å². The van der Waals surface area contributed by atoms with Crippen LogP contribution in [-0.4, -0.2) is 4.98 Å². The molecule has 0 bridgehead atoms. The molecule has 3 heteroatoms. The molecule has 0 spiro atoms. The van der Waals surface area contributed by atoms with Gasteiger partial charge in [-0.15, -0.1) is 0 Å². The van der Waals surface area contributed by atoms with Gasteiger partial charge in [0.1, 0.15) is 22.3 Å². The molecule has 0 amide bonds. The van der Waals surface area contributed by atoms with E-state index in [0.29, 0.717) is 0 Å². The lowest BCUT2D eigenvalue weighted by atomic mass is 10.0. The Morgan fingerprint density at radius 3 is 1.50 bits per heavy atom. The summed E-state index contributed by atoms with van der Waals surface area (Å²) in [6.45, 7) is 0. The van der Waals surface area contributed by atoms with Gasteiger partial charge in [-0.05, 0) is 77.9 Å². The molecule has 0 aliphatic carbocycles. The zero-order valence-electron chi connectivity index (χ0n) is 20.4. The number of rotatable bonds is 3. The summed E-state index contributed by atoms with van der Waals surface area (Å²) in [7, 11) is 0. The molecule has 3 heterocycles. The maximum atomic E-state index is 6.17. The predicted molar refractivity (Wildman–Crippen MR) is 155 cm³/mol. The SMILES string of the molecule is c1ccc(-c2ccc3oc4ccc(-c5cccc(-c6ccc7oc8ccccc8c7c6)n5)cc4c3c2)cc1. The van der Waals surface area contributed by atoms with Gasteiger partial charge in [0, 0.05) is 32.7 Å². The Kier molecular flexibility index (Phi) is 4.52. The number of fused-ring (bicyclic) bond motifs is 6. The molecule has 0 fully saturated rings. The fourth-order valence-electron chi connectivity index (χ4n) is 5.39. The fourth-order valence-corrected chi connectivity index (χ4v) is 5.39. The fraction of sp³-hybridized carbons (Fsp3) is 0. The highest BCUT2D eigenvalue weighted by Crippen LogP contribution is 2.36. The lowest BCUT2D eigenvalue weighted by molar-refractivity contribution is 0.668. The lowest BCUT2D eigenvalue weighted by Gasteiger charge is -2.06. The Morgan fingerprint density at radius 1 is 0.342 bits per heavy atom. The number of furan rings is 2. The summed E-state index contributed by atoms with van der Waals surface area (Å²) in [6, 6.07) is 43.8. The average Bonchev–Trinajstić information content (AvgIpc) is 3.54. The van der Waals surface area contributed by atoms with Crippen LogP contribution in [0.25, 0.3) is 77.5 Å². The van der Waals surface area contributed by atoms with Crippen LogP contribution in [0.2, 0.25) is 0 Å². The summed E-state index contributed by atoms with van der Waals surface area (Å²) in [6.07, 6.45) is 0. The van der Waals surface area contributed by atoms with Crippen molar-refractivity contribution in [2.75, 3.05) is 0 Å². The highest BCUT2D eigenvalue weighted by molar-refractivity contribution is 6.08. The third-order valence-corrected chi connectivity index (χ3v) is 7.29. The molecule has 0 radical (unpaired) electrons. The molecule has 8 aromatic rings. The van der Waals surface area contributed by atoms with Crippen molar-refractivity contribution in [1.29, 1.82) is 0 Å². The summed E-state index contributed by atoms with van der Waals surface area (Å²) < 4.78 is 12.2. The van der Waals surface area contributed by atoms with Gasteiger partial charge in [-0.1, -0.05) is 60.7 Å². The van der Waals surface area contributed by atoms with Gasteiger partial charge in [0.05, 0.1) is 11.4 Å². The quantitative estimate of drug-likeness (QED) is 0.249. The predicted octanol–water partition coefficient (Wildman–Crippen LogP) is 9.88. The Balaban J connectivity index is 1.23. The van der Waals surface area contributed by atoms with Gasteiger partial charge in [-0.2, -0.15) is 0 Å². The van der Waals surface area contributed by atoms with Crippen molar-refractivity contribution in [3.05, 3.63) is 127 Å². The number of para-hydroxylation sites is 1. The molecular weight excluding hydrogens is 466 g/mol. The molecular formula is C35H21NO2. The molecule has 0 aliphatic heterocycles. The minimum absolute atomic E-state index is 0.877. The normalized spacial score (nSPS) is 11.7. The third-order valence-electron chi connectivity index (χ3n) is 7.29. The molecule has 0 unspecified atom stereocenters.